The minimum absolute atomic E-state index is 0.112. The summed E-state index contributed by atoms with van der Waals surface area (Å²) in [5, 5.41) is 90.6. The number of carbonyl (C=O) groups excluding carboxylic acids is 4. The van der Waals surface area contributed by atoms with Gasteiger partial charge in [-0.1, -0.05) is 70.8 Å². The normalized spacial score (nSPS) is 40.3. The van der Waals surface area contributed by atoms with Crippen LogP contribution in [0.3, 0.4) is 0 Å². The molecule has 5 aliphatic rings. The lowest BCUT2D eigenvalue weighted by Crippen LogP contribution is -2.68. The molecule has 25 atom stereocenters. The van der Waals surface area contributed by atoms with Gasteiger partial charge in [-0.2, -0.15) is 0 Å². The average molecular weight is 1140 g/mol. The third-order valence-electron chi connectivity index (χ3n) is 15.8. The first-order valence-corrected chi connectivity index (χ1v) is 28.5. The Bertz CT molecular complexity index is 1920. The highest BCUT2D eigenvalue weighted by atomic mass is 16.8. The average Bonchev–Trinajstić information content (AvgIpc) is 3.47. The number of allylic oxidation sites excluding steroid dienone is 1. The highest BCUT2D eigenvalue weighted by molar-refractivity contribution is 5.87. The van der Waals surface area contributed by atoms with Crippen molar-refractivity contribution in [2.45, 2.75) is 294 Å². The molecule has 0 spiro atoms. The Morgan fingerprint density at radius 3 is 1.81 bits per heavy atom. The van der Waals surface area contributed by atoms with Crippen molar-refractivity contribution < 1.29 is 117 Å². The van der Waals surface area contributed by atoms with E-state index in [1.807, 2.05) is 0 Å². The fourth-order valence-electron chi connectivity index (χ4n) is 9.92. The van der Waals surface area contributed by atoms with Gasteiger partial charge in [-0.05, 0) is 81.6 Å². The number of hydrogen-bond donors (Lipinski definition) is 8. The van der Waals surface area contributed by atoms with Crippen molar-refractivity contribution in [3.05, 3.63) is 11.6 Å². The Balaban J connectivity index is 1.60. The lowest BCUT2D eigenvalue weighted by molar-refractivity contribution is -0.399. The summed E-state index contributed by atoms with van der Waals surface area (Å²) in [5.41, 5.74) is 0.231. The van der Waals surface area contributed by atoms with Crippen LogP contribution in [-0.2, 0) is 76.0 Å². The molecule has 0 aliphatic carbocycles. The van der Waals surface area contributed by atoms with Gasteiger partial charge in [0.25, 0.3) is 0 Å². The molecule has 0 aromatic heterocycles. The van der Waals surface area contributed by atoms with Gasteiger partial charge in [0.05, 0.1) is 48.5 Å². The van der Waals surface area contributed by atoms with Crippen LogP contribution in [0, 0.1) is 11.8 Å². The molecule has 0 unspecified atom stereocenters. The van der Waals surface area contributed by atoms with Crippen LogP contribution in [0.1, 0.15) is 153 Å². The molecule has 5 fully saturated rings. The molecule has 5 saturated heterocycles. The number of rotatable bonds is 15. The molecular weight excluding hydrogens is 1040 g/mol. The molecule has 5 aliphatic heterocycles. The molecule has 0 saturated carbocycles. The number of aliphatic hydroxyl groups is 8. The summed E-state index contributed by atoms with van der Waals surface area (Å²) in [5.74, 6) is -5.69. The van der Waals surface area contributed by atoms with Crippen LogP contribution in [0.25, 0.3) is 0 Å². The molecule has 0 amide bonds. The van der Waals surface area contributed by atoms with Crippen molar-refractivity contribution in [2.24, 2.45) is 11.8 Å². The topological polar surface area (TPSA) is 341 Å². The molecule has 24 heteroatoms. The lowest BCUT2D eigenvalue weighted by Gasteiger charge is -2.50. The van der Waals surface area contributed by atoms with E-state index in [1.54, 1.807) is 13.8 Å². The van der Waals surface area contributed by atoms with Gasteiger partial charge in [0, 0.05) is 12.0 Å². The van der Waals surface area contributed by atoms with E-state index >= 15 is 0 Å². The van der Waals surface area contributed by atoms with E-state index in [0.29, 0.717) is 25.7 Å². The van der Waals surface area contributed by atoms with Crippen LogP contribution in [0.4, 0.5) is 0 Å². The number of hydrogen-bond acceptors (Lipinski definition) is 24. The molecule has 0 radical (unpaired) electrons. The smallest absolute Gasteiger partial charge is 0.333 e. The Kier molecular flexibility index (Phi) is 26.7. The quantitative estimate of drug-likeness (QED) is 0.0503. The first-order chi connectivity index (χ1) is 37.4. The van der Waals surface area contributed by atoms with E-state index in [4.69, 9.17) is 56.8 Å². The highest BCUT2D eigenvalue weighted by Crippen LogP contribution is 2.38. The maximum Gasteiger partial charge on any atom is 0.333 e. The number of aliphatic hydroxyl groups excluding tert-OH is 8. The summed E-state index contributed by atoms with van der Waals surface area (Å²) in [6.45, 7) is 14.5. The third kappa shape index (κ3) is 18.0. The van der Waals surface area contributed by atoms with Crippen LogP contribution < -0.4 is 0 Å². The second kappa shape index (κ2) is 31.6. The van der Waals surface area contributed by atoms with Gasteiger partial charge in [0.1, 0.15) is 67.6 Å². The largest absolute Gasteiger partial charge is 0.463 e. The predicted octanol–water partition coefficient (Wildman–Crippen LogP) is 2.04. The van der Waals surface area contributed by atoms with E-state index in [2.05, 4.69) is 6.92 Å². The summed E-state index contributed by atoms with van der Waals surface area (Å²) in [4.78, 5) is 53.9. The zero-order chi connectivity index (χ0) is 58.4. The second-order valence-electron chi connectivity index (χ2n) is 22.1. The number of fused-ring (bicyclic) bond motifs is 4. The summed E-state index contributed by atoms with van der Waals surface area (Å²) in [6, 6.07) is 0. The first kappa shape index (κ1) is 66.8. The van der Waals surface area contributed by atoms with Gasteiger partial charge in [-0.25, -0.2) is 4.79 Å². The van der Waals surface area contributed by atoms with Gasteiger partial charge in [-0.15, -0.1) is 0 Å². The number of ether oxygens (including phenoxy) is 12. The summed E-state index contributed by atoms with van der Waals surface area (Å²) < 4.78 is 74.2. The summed E-state index contributed by atoms with van der Waals surface area (Å²) in [6.07, 6.45) is -25.0. The standard InChI is InChI=1S/C55H92O24/c1-11-13-19-22-34-23-20-17-15-14-16-18-21-24-36(58)74-47-44(77-52-42(64)41(63)43(32(9)70-52)75-49(65)26(3)12-2)33(10)71-55(48(47)76-51(67)28(5)30(7)57)79-46-40(62)38(60)35(25-68-50(66)27(4)29(6)56)73-54(46)78-45-39(61)37(59)31(8)69-53(45)72-34/h12,27-35,37-48,52-57,59-64H,11,13-25H2,1-10H3/b26-12+/t27-,28-,29-,30+,31+,32+,33-,34+,35+,37+,38+,39-,40-,41+,42+,43+,44-,45+,46+,47+,48+,52-,53-,54-,55-/m0/s1. The van der Waals surface area contributed by atoms with Gasteiger partial charge >= 0.3 is 23.9 Å². The Hall–Kier alpha value is -3.02. The van der Waals surface area contributed by atoms with Crippen molar-refractivity contribution >= 4 is 23.9 Å². The maximum absolute atomic E-state index is 14.1. The molecule has 0 aromatic carbocycles. The van der Waals surface area contributed by atoms with E-state index in [-0.39, 0.29) is 12.0 Å². The SMILES string of the molecule is C/C=C(\C)C(=O)O[C@H]1[C@H](O)[C@@H](O)[C@H](O[C@@H]2[C@H]3OC(=O)CCCCCCCCC[C@@H](CCCCC)O[C@@H]4O[C@H](C)[C@@H](O)[C@H](O)[C@H]4O[C@@H]4O[C@H](COC(=O)[C@@H](C)[C@H](C)O)[C@@H](O)[C@H](O)[C@H]4O[C@H](O[C@H]2C)[C@@H]3OC(=O)[C@@H](C)[C@@H](C)O)O[C@@H]1C. The van der Waals surface area contributed by atoms with E-state index < -0.39 is 183 Å². The van der Waals surface area contributed by atoms with Crippen molar-refractivity contribution in [1.29, 1.82) is 0 Å². The van der Waals surface area contributed by atoms with Crippen molar-refractivity contribution in [3.8, 4) is 0 Å². The molecule has 79 heavy (non-hydrogen) atoms. The van der Waals surface area contributed by atoms with Gasteiger partial charge in [-0.3, -0.25) is 14.4 Å². The fourth-order valence-corrected chi connectivity index (χ4v) is 9.92. The van der Waals surface area contributed by atoms with Crippen molar-refractivity contribution in [2.75, 3.05) is 6.61 Å². The molecule has 8 N–H and O–H groups in total. The summed E-state index contributed by atoms with van der Waals surface area (Å²) in [7, 11) is 0. The molecule has 24 nitrogen and oxygen atoms in total. The Morgan fingerprint density at radius 2 is 1.18 bits per heavy atom. The van der Waals surface area contributed by atoms with Crippen LogP contribution >= 0.6 is 0 Å². The lowest BCUT2D eigenvalue weighted by atomic mass is 9.95. The third-order valence-corrected chi connectivity index (χ3v) is 15.8. The van der Waals surface area contributed by atoms with E-state index in [9.17, 15) is 60.0 Å². The maximum atomic E-state index is 14.1. The molecule has 5 rings (SSSR count). The zero-order valence-corrected chi connectivity index (χ0v) is 47.5. The first-order valence-electron chi connectivity index (χ1n) is 28.5. The van der Waals surface area contributed by atoms with Gasteiger partial charge in [0.15, 0.2) is 43.5 Å². The molecule has 456 valence electrons. The predicted molar refractivity (Wildman–Crippen MR) is 275 cm³/mol. The van der Waals surface area contributed by atoms with E-state index in [0.717, 1.165) is 51.4 Å². The highest BCUT2D eigenvalue weighted by Gasteiger charge is 2.58. The molecular formula is C55H92O24. The monoisotopic (exact) mass is 1140 g/mol. The molecule has 5 heterocycles. The van der Waals surface area contributed by atoms with Gasteiger partial charge in [0.2, 0.25) is 0 Å². The molecule has 2 bridgehead atoms. The van der Waals surface area contributed by atoms with Crippen LogP contribution in [0.15, 0.2) is 11.6 Å². The van der Waals surface area contributed by atoms with Gasteiger partial charge < -0.3 is 97.7 Å². The van der Waals surface area contributed by atoms with Crippen molar-refractivity contribution in [1.82, 2.24) is 0 Å². The van der Waals surface area contributed by atoms with Crippen LogP contribution in [-0.4, -0.2) is 212 Å². The number of esters is 4. The molecule has 0 aromatic rings. The Labute approximate surface area is 463 Å². The van der Waals surface area contributed by atoms with Crippen LogP contribution in [0.2, 0.25) is 0 Å². The summed E-state index contributed by atoms with van der Waals surface area (Å²) >= 11 is 0. The fraction of sp³-hybridized carbons (Fsp3) is 0.891. The second-order valence-corrected chi connectivity index (χ2v) is 22.1. The number of carbonyl (C=O) groups is 4. The van der Waals surface area contributed by atoms with Crippen LogP contribution in [0.5, 0.6) is 0 Å². The minimum Gasteiger partial charge on any atom is -0.463 e. The van der Waals surface area contributed by atoms with E-state index in [1.165, 1.54) is 54.5 Å². The zero-order valence-electron chi connectivity index (χ0n) is 47.5. The minimum atomic E-state index is -2.07. The van der Waals surface area contributed by atoms with Crippen molar-refractivity contribution in [3.63, 3.8) is 0 Å². The Morgan fingerprint density at radius 1 is 0.608 bits per heavy atom. The number of unbranched alkanes of at least 4 members (excludes halogenated alkanes) is 2.